The molecule has 0 aromatic heterocycles. The molecule has 1 aliphatic heterocycles. The molecule has 3 rings (SSSR count). The van der Waals surface area contributed by atoms with Crippen LogP contribution in [0.15, 0.2) is 44.4 Å². The minimum atomic E-state index is -0.365. The van der Waals surface area contributed by atoms with Crippen molar-refractivity contribution in [3.8, 4) is 5.75 Å². The van der Waals surface area contributed by atoms with Crippen molar-refractivity contribution in [3.63, 3.8) is 0 Å². The number of nitrogens with one attached hydrogen (secondary N) is 1. The molecule has 0 radical (unpaired) electrons. The third kappa shape index (κ3) is 4.26. The molecule has 2 aromatic rings. The molecule has 0 fully saturated rings. The standard InChI is InChI=1S/C22H23Br2N3O2/c1-12-6-19-16(13(2)10-22(3,4)27(19)5)7-15(12)11-25-26-21(29)14-8-17(23)20(28)18(24)9-14/h6-11,28H,1-5H3,(H,26,29)/b25-11-. The van der Waals surface area contributed by atoms with E-state index in [4.69, 9.17) is 0 Å². The summed E-state index contributed by atoms with van der Waals surface area (Å²) < 4.78 is 0.863. The summed E-state index contributed by atoms with van der Waals surface area (Å²) >= 11 is 6.45. The van der Waals surface area contributed by atoms with E-state index in [-0.39, 0.29) is 17.2 Å². The molecular weight excluding hydrogens is 498 g/mol. The molecule has 0 spiro atoms. The first-order valence-electron chi connectivity index (χ1n) is 9.11. The number of aromatic hydroxyl groups is 1. The number of rotatable bonds is 3. The van der Waals surface area contributed by atoms with E-state index < -0.39 is 0 Å². The van der Waals surface area contributed by atoms with Crippen LogP contribution >= 0.6 is 31.9 Å². The fourth-order valence-corrected chi connectivity index (χ4v) is 4.56. The number of hydrogen-bond donors (Lipinski definition) is 2. The average molecular weight is 521 g/mol. The molecule has 152 valence electrons. The Morgan fingerprint density at radius 1 is 1.17 bits per heavy atom. The second-order valence-electron chi connectivity index (χ2n) is 7.75. The van der Waals surface area contributed by atoms with Crippen LogP contribution in [-0.4, -0.2) is 29.8 Å². The van der Waals surface area contributed by atoms with E-state index in [1.165, 1.54) is 11.3 Å². The number of carbonyl (C=O) groups excluding carboxylic acids is 1. The lowest BCUT2D eigenvalue weighted by Crippen LogP contribution is -2.42. The van der Waals surface area contributed by atoms with Gasteiger partial charge in [-0.3, -0.25) is 4.79 Å². The van der Waals surface area contributed by atoms with E-state index in [1.807, 2.05) is 6.92 Å². The van der Waals surface area contributed by atoms with E-state index in [9.17, 15) is 9.90 Å². The van der Waals surface area contributed by atoms with Gasteiger partial charge in [0.25, 0.3) is 5.91 Å². The number of fused-ring (bicyclic) bond motifs is 1. The van der Waals surface area contributed by atoms with Crippen LogP contribution in [0.1, 0.15) is 47.8 Å². The Kier molecular flexibility index (Phi) is 5.92. The van der Waals surface area contributed by atoms with Gasteiger partial charge in [0.15, 0.2) is 0 Å². The number of hydrogen-bond acceptors (Lipinski definition) is 4. The first-order chi connectivity index (χ1) is 13.5. The fourth-order valence-electron chi connectivity index (χ4n) is 3.38. The van der Waals surface area contributed by atoms with Crippen molar-refractivity contribution in [2.24, 2.45) is 5.10 Å². The predicted octanol–water partition coefficient (Wildman–Crippen LogP) is 5.62. The molecule has 0 aliphatic carbocycles. The molecular formula is C22H23Br2N3O2. The Hall–Kier alpha value is -2.12. The molecule has 0 unspecified atom stereocenters. The zero-order chi connectivity index (χ0) is 21.5. The summed E-state index contributed by atoms with van der Waals surface area (Å²) in [6.45, 7) is 8.54. The van der Waals surface area contributed by atoms with E-state index in [0.29, 0.717) is 14.5 Å². The van der Waals surface area contributed by atoms with Gasteiger partial charge in [0.05, 0.1) is 20.7 Å². The lowest BCUT2D eigenvalue weighted by atomic mass is 9.87. The second-order valence-corrected chi connectivity index (χ2v) is 9.46. The molecule has 29 heavy (non-hydrogen) atoms. The highest BCUT2D eigenvalue weighted by Gasteiger charge is 2.28. The van der Waals surface area contributed by atoms with Crippen LogP contribution in [0.2, 0.25) is 0 Å². The summed E-state index contributed by atoms with van der Waals surface area (Å²) in [4.78, 5) is 14.6. The van der Waals surface area contributed by atoms with Crippen LogP contribution in [0.3, 0.4) is 0 Å². The van der Waals surface area contributed by atoms with Crippen molar-refractivity contribution >= 4 is 55.2 Å². The van der Waals surface area contributed by atoms with E-state index >= 15 is 0 Å². The normalized spacial score (nSPS) is 15.3. The smallest absolute Gasteiger partial charge is 0.271 e. The maximum Gasteiger partial charge on any atom is 0.271 e. The fraction of sp³-hybridized carbons (Fsp3) is 0.273. The Morgan fingerprint density at radius 2 is 1.79 bits per heavy atom. The zero-order valence-electron chi connectivity index (χ0n) is 17.0. The highest BCUT2D eigenvalue weighted by atomic mass is 79.9. The van der Waals surface area contributed by atoms with Gasteiger partial charge in [-0.2, -0.15) is 5.10 Å². The molecule has 0 bridgehead atoms. The van der Waals surface area contributed by atoms with Gasteiger partial charge >= 0.3 is 0 Å². The number of hydrazone groups is 1. The summed E-state index contributed by atoms with van der Waals surface area (Å²) in [5, 5.41) is 13.9. The van der Waals surface area contributed by atoms with Gasteiger partial charge < -0.3 is 10.0 Å². The van der Waals surface area contributed by atoms with Gasteiger partial charge in [0.2, 0.25) is 0 Å². The first kappa shape index (κ1) is 21.6. The highest BCUT2D eigenvalue weighted by Crippen LogP contribution is 2.39. The molecule has 2 N–H and O–H groups in total. The van der Waals surface area contributed by atoms with Gasteiger partial charge in [0.1, 0.15) is 5.75 Å². The summed E-state index contributed by atoms with van der Waals surface area (Å²) in [5.41, 5.74) is 8.47. The topological polar surface area (TPSA) is 64.9 Å². The maximum atomic E-state index is 12.4. The SMILES string of the molecule is CC1=CC(C)(C)N(C)c2cc(C)c(/C=N\NC(=O)c3cc(Br)c(O)c(Br)c3)cc21. The van der Waals surface area contributed by atoms with Crippen molar-refractivity contribution in [3.05, 3.63) is 61.5 Å². The number of benzene rings is 2. The van der Waals surface area contributed by atoms with Crippen LogP contribution in [0.5, 0.6) is 5.75 Å². The molecule has 1 aliphatic rings. The monoisotopic (exact) mass is 519 g/mol. The van der Waals surface area contributed by atoms with E-state index in [1.54, 1.807) is 18.3 Å². The van der Waals surface area contributed by atoms with Crippen LogP contribution in [-0.2, 0) is 0 Å². The van der Waals surface area contributed by atoms with Crippen molar-refractivity contribution in [2.45, 2.75) is 33.2 Å². The lowest BCUT2D eigenvalue weighted by Gasteiger charge is -2.41. The molecule has 1 heterocycles. The zero-order valence-corrected chi connectivity index (χ0v) is 20.1. The van der Waals surface area contributed by atoms with Crippen LogP contribution in [0, 0.1) is 6.92 Å². The number of phenolic OH excluding ortho intramolecular Hbond substituents is 1. The number of likely N-dealkylation sites (N-methyl/N-ethyl adjacent to an activating group) is 1. The summed E-state index contributed by atoms with van der Waals surface area (Å²) in [6.07, 6.45) is 3.92. The molecule has 0 saturated carbocycles. The Bertz CT molecular complexity index is 1040. The quantitative estimate of drug-likeness (QED) is 0.407. The molecule has 5 nitrogen and oxygen atoms in total. The Balaban J connectivity index is 1.84. The average Bonchev–Trinajstić information content (AvgIpc) is 2.64. The van der Waals surface area contributed by atoms with E-state index in [2.05, 4.69) is 93.3 Å². The first-order valence-corrected chi connectivity index (χ1v) is 10.7. The molecule has 0 atom stereocenters. The van der Waals surface area contributed by atoms with Crippen molar-refractivity contribution in [1.29, 1.82) is 0 Å². The number of anilines is 1. The van der Waals surface area contributed by atoms with Crippen molar-refractivity contribution in [2.75, 3.05) is 11.9 Å². The molecule has 0 saturated heterocycles. The number of halogens is 2. The number of phenols is 1. The molecule has 1 amide bonds. The van der Waals surface area contributed by atoms with Gasteiger partial charge in [-0.25, -0.2) is 5.43 Å². The van der Waals surface area contributed by atoms with Crippen LogP contribution < -0.4 is 10.3 Å². The number of aryl methyl sites for hydroxylation is 1. The third-order valence-corrected chi connectivity index (χ3v) is 6.46. The summed E-state index contributed by atoms with van der Waals surface area (Å²) in [7, 11) is 2.10. The van der Waals surface area contributed by atoms with E-state index in [0.717, 1.165) is 16.7 Å². The van der Waals surface area contributed by atoms with Crippen molar-refractivity contribution < 1.29 is 9.90 Å². The Morgan fingerprint density at radius 3 is 2.41 bits per heavy atom. The largest absolute Gasteiger partial charge is 0.506 e. The lowest BCUT2D eigenvalue weighted by molar-refractivity contribution is 0.0955. The minimum Gasteiger partial charge on any atom is -0.506 e. The van der Waals surface area contributed by atoms with Gasteiger partial charge in [0, 0.05) is 23.9 Å². The second kappa shape index (κ2) is 7.95. The predicted molar refractivity (Wildman–Crippen MR) is 126 cm³/mol. The van der Waals surface area contributed by atoms with Gasteiger partial charge in [-0.15, -0.1) is 0 Å². The molecule has 2 aromatic carbocycles. The number of carbonyl (C=O) groups is 1. The Labute approximate surface area is 187 Å². The summed E-state index contributed by atoms with van der Waals surface area (Å²) in [6, 6.07) is 7.35. The number of allylic oxidation sites excluding steroid dienone is 1. The highest BCUT2D eigenvalue weighted by molar-refractivity contribution is 9.11. The van der Waals surface area contributed by atoms with Gasteiger partial charge in [-0.1, -0.05) is 6.08 Å². The van der Waals surface area contributed by atoms with Gasteiger partial charge in [-0.05, 0) is 101 Å². The minimum absolute atomic E-state index is 0.0419. The van der Waals surface area contributed by atoms with Crippen LogP contribution in [0.4, 0.5) is 5.69 Å². The molecule has 7 heteroatoms. The summed E-state index contributed by atoms with van der Waals surface area (Å²) in [5.74, 6) is -0.317. The maximum absolute atomic E-state index is 12.4. The number of nitrogens with zero attached hydrogens (tertiary/aromatic N) is 2. The van der Waals surface area contributed by atoms with Crippen LogP contribution in [0.25, 0.3) is 5.57 Å². The third-order valence-electron chi connectivity index (χ3n) is 5.25. The van der Waals surface area contributed by atoms with Crippen molar-refractivity contribution in [1.82, 2.24) is 5.43 Å². The number of amides is 1.